The van der Waals surface area contributed by atoms with Crippen molar-refractivity contribution in [1.29, 1.82) is 0 Å². The molecule has 19 heavy (non-hydrogen) atoms. The first-order valence-electron chi connectivity index (χ1n) is 5.88. The zero-order valence-corrected chi connectivity index (χ0v) is 11.0. The highest BCUT2D eigenvalue weighted by atomic mass is 32.2. The molecule has 4 nitrogen and oxygen atoms in total. The van der Waals surface area contributed by atoms with Gasteiger partial charge in [0.1, 0.15) is 11.4 Å². The van der Waals surface area contributed by atoms with Crippen molar-refractivity contribution in [3.8, 4) is 0 Å². The number of nitrogens with one attached hydrogen (secondary N) is 1. The largest absolute Gasteiger partial charge is 0.479 e. The van der Waals surface area contributed by atoms with Gasteiger partial charge in [-0.3, -0.25) is 4.79 Å². The molecule has 2 rings (SSSR count). The summed E-state index contributed by atoms with van der Waals surface area (Å²) in [5.41, 5.74) is -0.494. The molecule has 0 saturated carbocycles. The molecular formula is C13H14FNO3S. The van der Waals surface area contributed by atoms with Gasteiger partial charge in [-0.25, -0.2) is 9.18 Å². The monoisotopic (exact) mass is 283 g/mol. The summed E-state index contributed by atoms with van der Waals surface area (Å²) >= 11 is 1.51. The van der Waals surface area contributed by atoms with Gasteiger partial charge in [-0.15, -0.1) is 0 Å². The molecule has 0 radical (unpaired) electrons. The lowest BCUT2D eigenvalue weighted by Gasteiger charge is -2.24. The van der Waals surface area contributed by atoms with Gasteiger partial charge in [0.15, 0.2) is 0 Å². The van der Waals surface area contributed by atoms with Crippen molar-refractivity contribution in [2.75, 3.05) is 11.5 Å². The average Bonchev–Trinajstić information content (AvgIpc) is 2.82. The van der Waals surface area contributed by atoms with E-state index in [9.17, 15) is 19.1 Å². The Kier molecular flexibility index (Phi) is 4.09. The first kappa shape index (κ1) is 13.9. The normalized spacial score (nSPS) is 22.2. The van der Waals surface area contributed by atoms with Crippen LogP contribution in [0, 0.1) is 5.82 Å². The summed E-state index contributed by atoms with van der Waals surface area (Å²) in [5, 5.41) is 11.8. The SMILES string of the molecule is O=C(Cc1ccc(F)cc1)N[C@@]1(C(=O)O)CCSC1. The lowest BCUT2D eigenvalue weighted by molar-refractivity contribution is -0.146. The molecule has 1 fully saturated rings. The van der Waals surface area contributed by atoms with Gasteiger partial charge < -0.3 is 10.4 Å². The summed E-state index contributed by atoms with van der Waals surface area (Å²) in [5.74, 6) is -0.597. The summed E-state index contributed by atoms with van der Waals surface area (Å²) < 4.78 is 12.7. The predicted octanol–water partition coefficient (Wildman–Crippen LogP) is 1.44. The number of carbonyl (C=O) groups is 2. The second-order valence-electron chi connectivity index (χ2n) is 4.54. The highest BCUT2D eigenvalue weighted by Crippen LogP contribution is 2.28. The van der Waals surface area contributed by atoms with E-state index in [1.807, 2.05) is 0 Å². The fourth-order valence-corrected chi connectivity index (χ4v) is 3.31. The third-order valence-corrected chi connectivity index (χ3v) is 4.28. The number of rotatable bonds is 4. The Morgan fingerprint density at radius 1 is 1.37 bits per heavy atom. The maximum Gasteiger partial charge on any atom is 0.330 e. The molecule has 1 amide bonds. The molecular weight excluding hydrogens is 269 g/mol. The maximum absolute atomic E-state index is 12.7. The van der Waals surface area contributed by atoms with Gasteiger partial charge in [-0.05, 0) is 29.9 Å². The number of carboxylic acids is 1. The number of carbonyl (C=O) groups excluding carboxylic acids is 1. The third kappa shape index (κ3) is 3.26. The van der Waals surface area contributed by atoms with Crippen LogP contribution >= 0.6 is 11.8 Å². The first-order valence-corrected chi connectivity index (χ1v) is 7.04. The minimum atomic E-state index is -1.15. The minimum Gasteiger partial charge on any atom is -0.479 e. The van der Waals surface area contributed by atoms with E-state index >= 15 is 0 Å². The Labute approximate surface area is 114 Å². The topological polar surface area (TPSA) is 66.4 Å². The van der Waals surface area contributed by atoms with E-state index in [4.69, 9.17) is 0 Å². The summed E-state index contributed by atoms with van der Waals surface area (Å²) in [4.78, 5) is 23.2. The van der Waals surface area contributed by atoms with Gasteiger partial charge in [0.2, 0.25) is 5.91 Å². The molecule has 2 N–H and O–H groups in total. The zero-order chi connectivity index (χ0) is 13.9. The van der Waals surface area contributed by atoms with Gasteiger partial charge in [-0.2, -0.15) is 11.8 Å². The Hall–Kier alpha value is -1.56. The molecule has 0 aromatic heterocycles. The van der Waals surface area contributed by atoms with Crippen LogP contribution in [0.2, 0.25) is 0 Å². The van der Waals surface area contributed by atoms with Crippen molar-refractivity contribution in [3.05, 3.63) is 35.6 Å². The first-order chi connectivity index (χ1) is 9.02. The molecule has 6 heteroatoms. The fraction of sp³-hybridized carbons (Fsp3) is 0.385. The molecule has 0 aliphatic carbocycles. The van der Waals surface area contributed by atoms with Crippen molar-refractivity contribution in [2.24, 2.45) is 0 Å². The minimum absolute atomic E-state index is 0.0555. The van der Waals surface area contributed by atoms with E-state index in [0.717, 1.165) is 5.75 Å². The van der Waals surface area contributed by atoms with Crippen LogP contribution in [0.5, 0.6) is 0 Å². The number of hydrogen-bond donors (Lipinski definition) is 2. The van der Waals surface area contributed by atoms with Gasteiger partial charge in [0.05, 0.1) is 6.42 Å². The molecule has 1 aliphatic heterocycles. The Morgan fingerprint density at radius 2 is 2.05 bits per heavy atom. The van der Waals surface area contributed by atoms with Crippen molar-refractivity contribution in [3.63, 3.8) is 0 Å². The van der Waals surface area contributed by atoms with Crippen molar-refractivity contribution in [2.45, 2.75) is 18.4 Å². The van der Waals surface area contributed by atoms with E-state index in [1.54, 1.807) is 0 Å². The van der Waals surface area contributed by atoms with E-state index in [-0.39, 0.29) is 18.1 Å². The Bertz CT molecular complexity index is 483. The van der Waals surface area contributed by atoms with Gasteiger partial charge in [0.25, 0.3) is 0 Å². The van der Waals surface area contributed by atoms with Crippen LogP contribution in [0.3, 0.4) is 0 Å². The van der Waals surface area contributed by atoms with E-state index in [2.05, 4.69) is 5.32 Å². The van der Waals surface area contributed by atoms with Crippen molar-refractivity contribution in [1.82, 2.24) is 5.32 Å². The van der Waals surface area contributed by atoms with Gasteiger partial charge in [0, 0.05) is 5.75 Å². The summed E-state index contributed by atoms with van der Waals surface area (Å²) in [7, 11) is 0. The molecule has 0 spiro atoms. The molecule has 1 aliphatic rings. The molecule has 0 bridgehead atoms. The predicted molar refractivity (Wildman–Crippen MR) is 70.6 cm³/mol. The molecule has 0 unspecified atom stereocenters. The van der Waals surface area contributed by atoms with Crippen LogP contribution < -0.4 is 5.32 Å². The van der Waals surface area contributed by atoms with Crippen molar-refractivity contribution < 1.29 is 19.1 Å². The quantitative estimate of drug-likeness (QED) is 0.877. The van der Waals surface area contributed by atoms with E-state index in [0.29, 0.717) is 17.7 Å². The summed E-state index contributed by atoms with van der Waals surface area (Å²) in [6, 6.07) is 5.60. The molecule has 1 aromatic rings. The summed E-state index contributed by atoms with van der Waals surface area (Å²) in [6.07, 6.45) is 0.488. The zero-order valence-electron chi connectivity index (χ0n) is 10.2. The number of carboxylic acid groups (broad SMARTS) is 1. The number of aliphatic carboxylic acids is 1. The van der Waals surface area contributed by atoms with Crippen LogP contribution in [-0.2, 0) is 16.0 Å². The number of hydrogen-bond acceptors (Lipinski definition) is 3. The van der Waals surface area contributed by atoms with E-state index < -0.39 is 11.5 Å². The number of amides is 1. The lowest BCUT2D eigenvalue weighted by atomic mass is 9.98. The van der Waals surface area contributed by atoms with Crippen LogP contribution in [0.25, 0.3) is 0 Å². The van der Waals surface area contributed by atoms with Crippen LogP contribution in [0.4, 0.5) is 4.39 Å². The number of benzene rings is 1. The number of thioether (sulfide) groups is 1. The van der Waals surface area contributed by atoms with Gasteiger partial charge in [-0.1, -0.05) is 12.1 Å². The molecule has 1 saturated heterocycles. The number of halogens is 1. The Morgan fingerprint density at radius 3 is 2.58 bits per heavy atom. The summed E-state index contributed by atoms with van der Waals surface area (Å²) in [6.45, 7) is 0. The van der Waals surface area contributed by atoms with Crippen LogP contribution in [0.15, 0.2) is 24.3 Å². The molecule has 1 atom stereocenters. The second-order valence-corrected chi connectivity index (χ2v) is 5.65. The highest BCUT2D eigenvalue weighted by Gasteiger charge is 2.43. The molecule has 1 heterocycles. The molecule has 1 aromatic carbocycles. The van der Waals surface area contributed by atoms with Crippen LogP contribution in [0.1, 0.15) is 12.0 Å². The van der Waals surface area contributed by atoms with Crippen molar-refractivity contribution >= 4 is 23.6 Å². The standard InChI is InChI=1S/C13H14FNO3S/c14-10-3-1-9(2-4-10)7-11(16)15-13(12(17)18)5-6-19-8-13/h1-4H,5-8H2,(H,15,16)(H,17,18)/t13-/m0/s1. The van der Waals surface area contributed by atoms with E-state index in [1.165, 1.54) is 36.0 Å². The van der Waals surface area contributed by atoms with Crippen LogP contribution in [-0.4, -0.2) is 34.0 Å². The fourth-order valence-electron chi connectivity index (χ4n) is 1.98. The molecule has 102 valence electrons. The average molecular weight is 283 g/mol. The Balaban J connectivity index is 2.00. The third-order valence-electron chi connectivity index (χ3n) is 3.09. The second kappa shape index (κ2) is 5.61. The maximum atomic E-state index is 12.7. The smallest absolute Gasteiger partial charge is 0.330 e. The highest BCUT2D eigenvalue weighted by molar-refractivity contribution is 7.99. The lowest BCUT2D eigenvalue weighted by Crippen LogP contribution is -2.55. The van der Waals surface area contributed by atoms with Gasteiger partial charge >= 0.3 is 5.97 Å².